The van der Waals surface area contributed by atoms with E-state index in [0.717, 1.165) is 27.6 Å². The predicted molar refractivity (Wildman–Crippen MR) is 148 cm³/mol. The number of thioether (sulfide) groups is 1. The lowest BCUT2D eigenvalue weighted by atomic mass is 10.1. The maximum atomic E-state index is 13.0. The lowest BCUT2D eigenvalue weighted by Crippen LogP contribution is -2.36. The Balaban J connectivity index is 1.61. The van der Waals surface area contributed by atoms with E-state index in [2.05, 4.69) is 21.2 Å². The van der Waals surface area contributed by atoms with Crippen LogP contribution in [0.5, 0.6) is 17.2 Å². The molecule has 3 aromatic carbocycles. The molecule has 0 atom stereocenters. The molecule has 1 fully saturated rings. The summed E-state index contributed by atoms with van der Waals surface area (Å²) in [7, 11) is 1.33. The minimum Gasteiger partial charge on any atom is -0.493 e. The van der Waals surface area contributed by atoms with Crippen LogP contribution in [0.2, 0.25) is 0 Å². The van der Waals surface area contributed by atoms with Crippen LogP contribution in [0.25, 0.3) is 6.08 Å². The first-order valence-electron chi connectivity index (χ1n) is 11.2. The largest absolute Gasteiger partial charge is 0.493 e. The Kier molecular flexibility index (Phi) is 8.45. The number of methoxy groups -OCH3 is 1. The first-order valence-corrected chi connectivity index (χ1v) is 12.8. The maximum absolute atomic E-state index is 13.0. The first-order chi connectivity index (χ1) is 19.1. The number of carbonyl (C=O) groups is 3. The summed E-state index contributed by atoms with van der Waals surface area (Å²) >= 11 is 3.89. The minimum atomic E-state index is -0.831. The number of benzene rings is 3. The molecule has 3 aromatic rings. The number of ether oxygens (including phenoxy) is 2. The van der Waals surface area contributed by atoms with E-state index >= 15 is 0 Å². The third-order valence-electron chi connectivity index (χ3n) is 5.38. The molecule has 3 amide bonds. The van der Waals surface area contributed by atoms with Gasteiger partial charge in [-0.25, -0.2) is 0 Å². The standard InChI is InChI=1S/C25H17BrN4O9S/c1-38-20-4-2-3-14(23(20)39-19-10-9-17(29(34)35)12-18(19)30(36)37)11-21-24(32)28(25(33)40-21)13-22(31)27-16-7-5-15(26)6-8-16/h2-12H,13H2,1H3,(H,27,31)/b21-11+. The second-order valence-corrected chi connectivity index (χ2v) is 9.88. The van der Waals surface area contributed by atoms with Crippen LogP contribution in [0.15, 0.2) is 70.0 Å². The van der Waals surface area contributed by atoms with Crippen molar-refractivity contribution in [1.29, 1.82) is 0 Å². The van der Waals surface area contributed by atoms with Gasteiger partial charge in [0.15, 0.2) is 11.5 Å². The Hall–Kier alpha value is -4.76. The van der Waals surface area contributed by atoms with Gasteiger partial charge in [-0.2, -0.15) is 0 Å². The number of nitro groups is 2. The lowest BCUT2D eigenvalue weighted by Gasteiger charge is -2.14. The minimum absolute atomic E-state index is 0.0299. The highest BCUT2D eigenvalue weighted by Crippen LogP contribution is 2.42. The number of imide groups is 1. The van der Waals surface area contributed by atoms with Crippen molar-refractivity contribution >= 4 is 67.9 Å². The van der Waals surface area contributed by atoms with Crippen LogP contribution in [0.3, 0.4) is 0 Å². The van der Waals surface area contributed by atoms with Crippen molar-refractivity contribution in [3.63, 3.8) is 0 Å². The molecule has 0 radical (unpaired) electrons. The van der Waals surface area contributed by atoms with Crippen molar-refractivity contribution in [3.05, 3.63) is 95.8 Å². The van der Waals surface area contributed by atoms with Crippen molar-refractivity contribution in [1.82, 2.24) is 4.90 Å². The number of halogens is 1. The van der Waals surface area contributed by atoms with Crippen LogP contribution in [0.1, 0.15) is 5.56 Å². The van der Waals surface area contributed by atoms with E-state index in [1.165, 1.54) is 25.3 Å². The number of anilines is 1. The maximum Gasteiger partial charge on any atom is 0.318 e. The average molecular weight is 629 g/mol. The van der Waals surface area contributed by atoms with E-state index < -0.39 is 44.8 Å². The first kappa shape index (κ1) is 28.3. The number of hydrogen-bond donors (Lipinski definition) is 1. The smallest absolute Gasteiger partial charge is 0.318 e. The molecule has 40 heavy (non-hydrogen) atoms. The highest BCUT2D eigenvalue weighted by Gasteiger charge is 2.36. The number of nitro benzene ring substituents is 2. The molecule has 4 rings (SSSR count). The number of amides is 3. The summed E-state index contributed by atoms with van der Waals surface area (Å²) < 4.78 is 11.9. The van der Waals surface area contributed by atoms with E-state index in [1.54, 1.807) is 30.3 Å². The molecule has 204 valence electrons. The second-order valence-electron chi connectivity index (χ2n) is 7.97. The number of non-ortho nitro benzene ring substituents is 1. The van der Waals surface area contributed by atoms with Gasteiger partial charge in [-0.1, -0.05) is 28.1 Å². The molecule has 1 saturated heterocycles. The number of para-hydroxylation sites is 1. The van der Waals surface area contributed by atoms with Gasteiger partial charge < -0.3 is 14.8 Å². The van der Waals surface area contributed by atoms with Crippen LogP contribution in [-0.4, -0.2) is 45.5 Å². The molecule has 0 unspecified atom stereocenters. The number of hydrogen-bond acceptors (Lipinski definition) is 10. The van der Waals surface area contributed by atoms with Gasteiger partial charge in [0, 0.05) is 21.8 Å². The molecule has 1 aliphatic rings. The van der Waals surface area contributed by atoms with E-state index in [0.29, 0.717) is 17.4 Å². The quantitative estimate of drug-likeness (QED) is 0.175. The topological polar surface area (TPSA) is 171 Å². The SMILES string of the molecule is COc1cccc(/C=C2/SC(=O)N(CC(=O)Nc3ccc(Br)cc3)C2=O)c1Oc1ccc([N+](=O)[O-])cc1[N+](=O)[O-]. The van der Waals surface area contributed by atoms with Crippen LogP contribution >= 0.6 is 27.7 Å². The number of rotatable bonds is 9. The van der Waals surface area contributed by atoms with Crippen molar-refractivity contribution in [3.8, 4) is 17.2 Å². The zero-order chi connectivity index (χ0) is 29.0. The van der Waals surface area contributed by atoms with Gasteiger partial charge in [0.25, 0.3) is 16.8 Å². The molecule has 0 bridgehead atoms. The fraction of sp³-hybridized carbons (Fsp3) is 0.0800. The molecule has 1 aliphatic heterocycles. The predicted octanol–water partition coefficient (Wildman–Crippen LogP) is 5.74. The fourth-order valence-corrected chi connectivity index (χ4v) is 4.62. The molecule has 0 aliphatic carbocycles. The fourth-order valence-electron chi connectivity index (χ4n) is 3.53. The molecular weight excluding hydrogens is 612 g/mol. The van der Waals surface area contributed by atoms with Gasteiger partial charge in [-0.15, -0.1) is 0 Å². The van der Waals surface area contributed by atoms with E-state index in [4.69, 9.17) is 9.47 Å². The van der Waals surface area contributed by atoms with E-state index in [9.17, 15) is 34.6 Å². The van der Waals surface area contributed by atoms with Crippen LogP contribution in [0, 0.1) is 20.2 Å². The number of nitrogens with zero attached hydrogens (tertiary/aromatic N) is 3. The monoisotopic (exact) mass is 628 g/mol. The summed E-state index contributed by atoms with van der Waals surface area (Å²) in [5.41, 5.74) is -0.466. The van der Waals surface area contributed by atoms with Gasteiger partial charge in [0.1, 0.15) is 6.54 Å². The molecule has 0 aromatic heterocycles. The summed E-state index contributed by atoms with van der Waals surface area (Å²) in [6.07, 6.45) is 1.33. The molecule has 0 saturated carbocycles. The second kappa shape index (κ2) is 12.0. The van der Waals surface area contributed by atoms with Crippen molar-refractivity contribution in [2.75, 3.05) is 19.0 Å². The van der Waals surface area contributed by atoms with Gasteiger partial charge in [-0.05, 0) is 54.2 Å². The summed E-state index contributed by atoms with van der Waals surface area (Å²) in [4.78, 5) is 59.9. The van der Waals surface area contributed by atoms with Gasteiger partial charge in [-0.3, -0.25) is 39.5 Å². The average Bonchev–Trinajstić information content (AvgIpc) is 3.18. The van der Waals surface area contributed by atoms with Gasteiger partial charge >= 0.3 is 5.69 Å². The summed E-state index contributed by atoms with van der Waals surface area (Å²) in [5.74, 6) is -1.53. The van der Waals surface area contributed by atoms with Crippen LogP contribution in [-0.2, 0) is 9.59 Å². The molecule has 0 spiro atoms. The third kappa shape index (κ3) is 6.27. The van der Waals surface area contributed by atoms with E-state index in [1.807, 2.05) is 0 Å². The normalized spacial score (nSPS) is 13.8. The number of carbonyl (C=O) groups excluding carboxylic acids is 3. The molecule has 1 N–H and O–H groups in total. The van der Waals surface area contributed by atoms with E-state index in [-0.39, 0.29) is 27.7 Å². The zero-order valence-corrected chi connectivity index (χ0v) is 22.8. The van der Waals surface area contributed by atoms with Gasteiger partial charge in [0.05, 0.1) is 27.9 Å². The Bertz CT molecular complexity index is 1580. The van der Waals surface area contributed by atoms with Gasteiger partial charge in [0.2, 0.25) is 11.7 Å². The number of nitrogens with one attached hydrogen (secondary N) is 1. The van der Waals surface area contributed by atoms with Crippen molar-refractivity contribution in [2.45, 2.75) is 0 Å². The Morgan fingerprint density at radius 3 is 2.42 bits per heavy atom. The zero-order valence-electron chi connectivity index (χ0n) is 20.4. The van der Waals surface area contributed by atoms with Crippen LogP contribution < -0.4 is 14.8 Å². The third-order valence-corrected chi connectivity index (χ3v) is 6.82. The highest BCUT2D eigenvalue weighted by atomic mass is 79.9. The Labute approximate surface area is 238 Å². The molecular formula is C25H17BrN4O9S. The Morgan fingerprint density at radius 2 is 1.77 bits per heavy atom. The molecule has 15 heteroatoms. The van der Waals surface area contributed by atoms with Crippen molar-refractivity contribution in [2.24, 2.45) is 0 Å². The van der Waals surface area contributed by atoms with Crippen LogP contribution in [0.4, 0.5) is 21.9 Å². The van der Waals surface area contributed by atoms with Crippen molar-refractivity contribution < 1.29 is 33.7 Å². The summed E-state index contributed by atoms with van der Waals surface area (Å²) in [6.45, 7) is -0.519. The lowest BCUT2D eigenvalue weighted by molar-refractivity contribution is -0.394. The molecule has 1 heterocycles. The summed E-state index contributed by atoms with van der Waals surface area (Å²) in [6, 6.07) is 14.2. The Morgan fingerprint density at radius 1 is 1.05 bits per heavy atom. The molecule has 13 nitrogen and oxygen atoms in total. The highest BCUT2D eigenvalue weighted by molar-refractivity contribution is 9.10. The summed E-state index contributed by atoms with van der Waals surface area (Å²) in [5, 5.41) is 24.6.